The Balaban J connectivity index is 2.18. The minimum absolute atomic E-state index is 0.0720. The molecule has 0 saturated carbocycles. The molecule has 1 atom stereocenters. The third-order valence-electron chi connectivity index (χ3n) is 2.41. The fourth-order valence-corrected chi connectivity index (χ4v) is 1.46. The van der Waals surface area contributed by atoms with E-state index in [0.29, 0.717) is 10.9 Å². The van der Waals surface area contributed by atoms with Gasteiger partial charge in [-0.1, -0.05) is 16.7 Å². The highest BCUT2D eigenvalue weighted by molar-refractivity contribution is 6.30. The van der Waals surface area contributed by atoms with Crippen molar-refractivity contribution in [1.29, 1.82) is 0 Å². The molecule has 2 N–H and O–H groups in total. The van der Waals surface area contributed by atoms with E-state index in [0.717, 1.165) is 0 Å². The van der Waals surface area contributed by atoms with E-state index in [1.54, 1.807) is 7.05 Å². The van der Waals surface area contributed by atoms with Crippen LogP contribution in [0.3, 0.4) is 0 Å². The first-order chi connectivity index (χ1) is 8.60. The minimum Gasteiger partial charge on any atom is -0.406 e. The third kappa shape index (κ3) is 2.77. The minimum atomic E-state index is -0.444. The molecule has 1 unspecified atom stereocenters. The average Bonchev–Trinajstić information content (AvgIpc) is 2.81. The molecule has 1 heterocycles. The van der Waals surface area contributed by atoms with Crippen molar-refractivity contribution in [3.8, 4) is 0 Å². The van der Waals surface area contributed by atoms with Gasteiger partial charge in [-0.2, -0.15) is 0 Å². The molecule has 0 spiro atoms. The van der Waals surface area contributed by atoms with Crippen LogP contribution in [0.1, 0.15) is 18.9 Å². The molecular weight excluding hydrogens is 259 g/mol. The largest absolute Gasteiger partial charge is 0.406 e. The van der Waals surface area contributed by atoms with Crippen molar-refractivity contribution in [2.75, 3.05) is 12.4 Å². The molecule has 0 aliphatic rings. The van der Waals surface area contributed by atoms with Crippen LogP contribution in [-0.2, 0) is 0 Å². The van der Waals surface area contributed by atoms with Crippen LogP contribution >= 0.6 is 11.6 Å². The number of benzene rings is 1. The summed E-state index contributed by atoms with van der Waals surface area (Å²) in [5, 5.41) is 13.7. The van der Waals surface area contributed by atoms with Crippen LogP contribution in [0, 0.1) is 5.82 Å². The predicted molar refractivity (Wildman–Crippen MR) is 66.5 cm³/mol. The molecule has 5 nitrogen and oxygen atoms in total. The smallest absolute Gasteiger partial charge is 0.320 e. The lowest BCUT2D eigenvalue weighted by Gasteiger charge is -2.04. The Hall–Kier alpha value is -1.66. The molecule has 0 fully saturated rings. The van der Waals surface area contributed by atoms with Crippen LogP contribution in [0.25, 0.3) is 0 Å². The quantitative estimate of drug-likeness (QED) is 0.894. The number of nitrogens with one attached hydrogen (secondary N) is 2. The lowest BCUT2D eigenvalue weighted by molar-refractivity contribution is 0.443. The average molecular weight is 271 g/mol. The van der Waals surface area contributed by atoms with E-state index in [2.05, 4.69) is 20.8 Å². The highest BCUT2D eigenvalue weighted by atomic mass is 35.5. The summed E-state index contributed by atoms with van der Waals surface area (Å²) in [7, 11) is 1.78. The van der Waals surface area contributed by atoms with Crippen molar-refractivity contribution < 1.29 is 8.81 Å². The van der Waals surface area contributed by atoms with Gasteiger partial charge in [-0.05, 0) is 32.2 Å². The van der Waals surface area contributed by atoms with Gasteiger partial charge in [0, 0.05) is 5.02 Å². The monoisotopic (exact) mass is 270 g/mol. The summed E-state index contributed by atoms with van der Waals surface area (Å²) < 4.78 is 18.8. The van der Waals surface area contributed by atoms with E-state index in [1.807, 2.05) is 6.92 Å². The maximum Gasteiger partial charge on any atom is 0.320 e. The standard InChI is InChI=1S/C11H12ClFN4O/c1-6(14-2)10-16-17-11(18-10)15-9-5-7(12)3-4-8(9)13/h3-6,14H,1-2H3,(H,15,17). The van der Waals surface area contributed by atoms with E-state index in [9.17, 15) is 4.39 Å². The van der Waals surface area contributed by atoms with Crippen LogP contribution < -0.4 is 10.6 Å². The maximum absolute atomic E-state index is 13.5. The first-order valence-corrected chi connectivity index (χ1v) is 5.70. The molecule has 1 aromatic heterocycles. The summed E-state index contributed by atoms with van der Waals surface area (Å²) in [5.74, 6) is -0.0248. The molecule has 1 aromatic carbocycles. The zero-order chi connectivity index (χ0) is 13.1. The fraction of sp³-hybridized carbons (Fsp3) is 0.273. The molecule has 0 bridgehead atoms. The zero-order valence-corrected chi connectivity index (χ0v) is 10.6. The van der Waals surface area contributed by atoms with Gasteiger partial charge in [0.1, 0.15) is 5.82 Å². The van der Waals surface area contributed by atoms with Gasteiger partial charge in [0.15, 0.2) is 0 Å². The van der Waals surface area contributed by atoms with Crippen molar-refractivity contribution in [2.45, 2.75) is 13.0 Å². The molecule has 0 saturated heterocycles. The van der Waals surface area contributed by atoms with Gasteiger partial charge >= 0.3 is 6.01 Å². The molecule has 2 rings (SSSR count). The second-order valence-electron chi connectivity index (χ2n) is 3.70. The van der Waals surface area contributed by atoms with Gasteiger partial charge in [-0.15, -0.1) is 5.10 Å². The van der Waals surface area contributed by atoms with Crippen LogP contribution in [0.4, 0.5) is 16.1 Å². The Kier molecular flexibility index (Phi) is 3.78. The van der Waals surface area contributed by atoms with Crippen molar-refractivity contribution in [1.82, 2.24) is 15.5 Å². The Morgan fingerprint density at radius 1 is 1.39 bits per heavy atom. The number of rotatable bonds is 4. The topological polar surface area (TPSA) is 63.0 Å². The Morgan fingerprint density at radius 3 is 2.89 bits per heavy atom. The van der Waals surface area contributed by atoms with Gasteiger partial charge in [0.25, 0.3) is 0 Å². The summed E-state index contributed by atoms with van der Waals surface area (Å²) in [6.45, 7) is 1.87. The molecule has 18 heavy (non-hydrogen) atoms. The van der Waals surface area contributed by atoms with Crippen molar-refractivity contribution in [3.63, 3.8) is 0 Å². The first-order valence-electron chi connectivity index (χ1n) is 5.33. The van der Waals surface area contributed by atoms with Crippen molar-refractivity contribution in [3.05, 3.63) is 34.9 Å². The van der Waals surface area contributed by atoms with Crippen molar-refractivity contribution in [2.24, 2.45) is 0 Å². The SMILES string of the molecule is CNC(C)c1nnc(Nc2cc(Cl)ccc2F)o1. The highest BCUT2D eigenvalue weighted by Crippen LogP contribution is 2.23. The predicted octanol–water partition coefficient (Wildman–Crippen LogP) is 2.89. The first kappa shape index (κ1) is 12.8. The second-order valence-corrected chi connectivity index (χ2v) is 4.14. The summed E-state index contributed by atoms with van der Waals surface area (Å²) in [5.41, 5.74) is 0.190. The Bertz CT molecular complexity index is 546. The fourth-order valence-electron chi connectivity index (χ4n) is 1.29. The van der Waals surface area contributed by atoms with E-state index in [4.69, 9.17) is 16.0 Å². The number of hydrogen-bond donors (Lipinski definition) is 2. The normalized spacial score (nSPS) is 12.4. The van der Waals surface area contributed by atoms with Gasteiger partial charge in [0.2, 0.25) is 5.89 Å². The lowest BCUT2D eigenvalue weighted by Crippen LogP contribution is -2.12. The van der Waals surface area contributed by atoms with Gasteiger partial charge in [-0.25, -0.2) is 4.39 Å². The zero-order valence-electron chi connectivity index (χ0n) is 9.87. The van der Waals surface area contributed by atoms with Crippen LogP contribution in [0.15, 0.2) is 22.6 Å². The number of nitrogens with zero attached hydrogens (tertiary/aromatic N) is 2. The maximum atomic E-state index is 13.5. The molecule has 7 heteroatoms. The second kappa shape index (κ2) is 5.32. The molecular formula is C11H12ClFN4O. The van der Waals surface area contributed by atoms with Crippen LogP contribution in [-0.4, -0.2) is 17.2 Å². The number of anilines is 2. The molecule has 2 aromatic rings. The van der Waals surface area contributed by atoms with Gasteiger partial charge < -0.3 is 15.1 Å². The Morgan fingerprint density at radius 2 is 2.17 bits per heavy atom. The molecule has 0 radical (unpaired) electrons. The Labute approximate surface area is 108 Å². The molecule has 96 valence electrons. The summed E-state index contributed by atoms with van der Waals surface area (Å²) in [6.07, 6.45) is 0. The number of hydrogen-bond acceptors (Lipinski definition) is 5. The van der Waals surface area contributed by atoms with Gasteiger partial charge in [0.05, 0.1) is 11.7 Å². The summed E-state index contributed by atoms with van der Waals surface area (Å²) >= 11 is 5.78. The van der Waals surface area contributed by atoms with Gasteiger partial charge in [-0.3, -0.25) is 0 Å². The number of halogens is 2. The lowest BCUT2D eigenvalue weighted by atomic mass is 10.3. The van der Waals surface area contributed by atoms with E-state index >= 15 is 0 Å². The van der Waals surface area contributed by atoms with Crippen LogP contribution in [0.5, 0.6) is 0 Å². The highest BCUT2D eigenvalue weighted by Gasteiger charge is 2.13. The summed E-state index contributed by atoms with van der Waals surface area (Å²) in [6, 6.07) is 4.22. The van der Waals surface area contributed by atoms with E-state index in [1.165, 1.54) is 18.2 Å². The van der Waals surface area contributed by atoms with E-state index < -0.39 is 5.82 Å². The molecule has 0 aliphatic heterocycles. The third-order valence-corrected chi connectivity index (χ3v) is 2.65. The summed E-state index contributed by atoms with van der Waals surface area (Å²) in [4.78, 5) is 0. The van der Waals surface area contributed by atoms with E-state index in [-0.39, 0.29) is 17.7 Å². The van der Waals surface area contributed by atoms with Crippen molar-refractivity contribution >= 4 is 23.3 Å². The van der Waals surface area contributed by atoms with Crippen LogP contribution in [0.2, 0.25) is 5.02 Å². The number of aromatic nitrogens is 2. The molecule has 0 amide bonds. The molecule has 0 aliphatic carbocycles.